The van der Waals surface area contributed by atoms with E-state index in [1.165, 1.54) is 0 Å². The number of para-hydroxylation sites is 1. The summed E-state index contributed by atoms with van der Waals surface area (Å²) in [6.07, 6.45) is 5.14. The molecule has 4 aromatic rings. The SMILES string of the molecule is CCc1cccc(CC)c1NC(=O)c1c2c(n(C)c1C)-c1nc(Nc3ccc(Br)cc3OC)ncc1CC2. The lowest BCUT2D eigenvalue weighted by Gasteiger charge is -2.19. The summed E-state index contributed by atoms with van der Waals surface area (Å²) in [5.41, 5.74) is 9.61. The van der Waals surface area contributed by atoms with Gasteiger partial charge in [0.05, 0.1) is 29.7 Å². The number of nitrogens with zero attached hydrogens (tertiary/aromatic N) is 3. The van der Waals surface area contributed by atoms with Gasteiger partial charge in [-0.2, -0.15) is 0 Å². The smallest absolute Gasteiger partial charge is 0.257 e. The maximum absolute atomic E-state index is 13.8. The molecule has 5 rings (SSSR count). The van der Waals surface area contributed by atoms with E-state index in [-0.39, 0.29) is 5.91 Å². The topological polar surface area (TPSA) is 81.1 Å². The second kappa shape index (κ2) is 10.6. The third-order valence-electron chi connectivity index (χ3n) is 7.40. The van der Waals surface area contributed by atoms with E-state index in [0.717, 1.165) is 86.4 Å². The third-order valence-corrected chi connectivity index (χ3v) is 7.89. The molecule has 0 saturated carbocycles. The second-order valence-electron chi connectivity index (χ2n) is 9.50. The van der Waals surface area contributed by atoms with Gasteiger partial charge in [0.1, 0.15) is 5.75 Å². The van der Waals surface area contributed by atoms with Crippen molar-refractivity contribution in [1.29, 1.82) is 0 Å². The summed E-state index contributed by atoms with van der Waals surface area (Å²) in [6, 6.07) is 12.0. The summed E-state index contributed by atoms with van der Waals surface area (Å²) in [7, 11) is 3.64. The first-order chi connectivity index (χ1) is 18.4. The van der Waals surface area contributed by atoms with E-state index < -0.39 is 0 Å². The predicted octanol–water partition coefficient (Wildman–Crippen LogP) is 6.78. The zero-order valence-corrected chi connectivity index (χ0v) is 24.0. The minimum Gasteiger partial charge on any atom is -0.495 e. The Hall–Kier alpha value is -3.65. The molecule has 7 nitrogen and oxygen atoms in total. The highest BCUT2D eigenvalue weighted by Gasteiger charge is 2.30. The number of hydrogen-bond donors (Lipinski definition) is 2. The van der Waals surface area contributed by atoms with Gasteiger partial charge in [-0.1, -0.05) is 48.0 Å². The van der Waals surface area contributed by atoms with Gasteiger partial charge >= 0.3 is 0 Å². The molecule has 0 bridgehead atoms. The summed E-state index contributed by atoms with van der Waals surface area (Å²) in [5, 5.41) is 6.57. The van der Waals surface area contributed by atoms with Crippen molar-refractivity contribution in [2.75, 3.05) is 17.7 Å². The molecule has 1 aliphatic carbocycles. The lowest BCUT2D eigenvalue weighted by Crippen LogP contribution is -2.18. The van der Waals surface area contributed by atoms with Gasteiger partial charge in [-0.3, -0.25) is 4.79 Å². The fourth-order valence-electron chi connectivity index (χ4n) is 5.30. The zero-order valence-electron chi connectivity index (χ0n) is 22.4. The largest absolute Gasteiger partial charge is 0.495 e. The number of carbonyl (C=O) groups is 1. The van der Waals surface area contributed by atoms with Crippen LogP contribution in [-0.2, 0) is 32.7 Å². The van der Waals surface area contributed by atoms with Gasteiger partial charge in [0.15, 0.2) is 0 Å². The molecule has 0 radical (unpaired) electrons. The van der Waals surface area contributed by atoms with Crippen LogP contribution in [0.15, 0.2) is 47.1 Å². The average molecular weight is 575 g/mol. The highest BCUT2D eigenvalue weighted by molar-refractivity contribution is 9.10. The summed E-state index contributed by atoms with van der Waals surface area (Å²) >= 11 is 3.48. The van der Waals surface area contributed by atoms with Crippen molar-refractivity contribution >= 4 is 39.2 Å². The highest BCUT2D eigenvalue weighted by atomic mass is 79.9. The minimum absolute atomic E-state index is 0.0644. The molecule has 0 fully saturated rings. The van der Waals surface area contributed by atoms with E-state index in [1.54, 1.807) is 7.11 Å². The van der Waals surface area contributed by atoms with Crippen LogP contribution < -0.4 is 15.4 Å². The number of aromatic nitrogens is 3. The molecule has 1 amide bonds. The van der Waals surface area contributed by atoms with Crippen LogP contribution in [-0.4, -0.2) is 27.6 Å². The number of nitrogens with one attached hydrogen (secondary N) is 2. The summed E-state index contributed by atoms with van der Waals surface area (Å²) in [4.78, 5) is 23.3. The van der Waals surface area contributed by atoms with E-state index in [1.807, 2.05) is 38.4 Å². The summed E-state index contributed by atoms with van der Waals surface area (Å²) < 4.78 is 8.53. The van der Waals surface area contributed by atoms with Crippen LogP contribution >= 0.6 is 15.9 Å². The molecule has 0 atom stereocenters. The lowest BCUT2D eigenvalue weighted by molar-refractivity contribution is 0.102. The van der Waals surface area contributed by atoms with E-state index in [0.29, 0.717) is 11.7 Å². The molecule has 1 aliphatic rings. The van der Waals surface area contributed by atoms with Crippen LogP contribution in [0.5, 0.6) is 5.75 Å². The Balaban J connectivity index is 1.53. The molecule has 2 aromatic heterocycles. The van der Waals surface area contributed by atoms with Crippen molar-refractivity contribution in [3.05, 3.63) is 80.6 Å². The molecule has 0 unspecified atom stereocenters. The molecule has 2 N–H and O–H groups in total. The first-order valence-electron chi connectivity index (χ1n) is 12.9. The monoisotopic (exact) mass is 573 g/mol. The zero-order chi connectivity index (χ0) is 27.0. The van der Waals surface area contributed by atoms with Crippen LogP contribution in [0.1, 0.15) is 52.2 Å². The highest BCUT2D eigenvalue weighted by Crippen LogP contribution is 2.38. The molecular weight excluding hydrogens is 542 g/mol. The fraction of sp³-hybridized carbons (Fsp3) is 0.300. The van der Waals surface area contributed by atoms with Gasteiger partial charge in [-0.25, -0.2) is 9.97 Å². The summed E-state index contributed by atoms with van der Waals surface area (Å²) in [6.45, 7) is 6.24. The number of benzene rings is 2. The van der Waals surface area contributed by atoms with E-state index in [4.69, 9.17) is 9.72 Å². The standard InChI is InChI=1S/C30H32BrN5O2/c1-6-18-9-8-10-19(7-2)26(18)34-29(37)25-17(3)36(4)28-22(25)13-11-20-16-32-30(35-27(20)28)33-23-14-12-21(31)15-24(23)38-5/h8-10,12,14-16H,6-7,11,13H2,1-5H3,(H,34,37)(H,32,33,35). The van der Waals surface area contributed by atoms with E-state index >= 15 is 0 Å². The molecule has 38 heavy (non-hydrogen) atoms. The first-order valence-corrected chi connectivity index (χ1v) is 13.7. The quantitative estimate of drug-likeness (QED) is 0.254. The van der Waals surface area contributed by atoms with Gasteiger partial charge in [-0.15, -0.1) is 0 Å². The molecule has 2 aromatic carbocycles. The number of rotatable bonds is 7. The van der Waals surface area contributed by atoms with Gasteiger partial charge in [0, 0.05) is 29.1 Å². The van der Waals surface area contributed by atoms with Crippen LogP contribution in [0.25, 0.3) is 11.4 Å². The molecular formula is C30H32BrN5O2. The van der Waals surface area contributed by atoms with E-state index in [2.05, 4.69) is 68.2 Å². The predicted molar refractivity (Wildman–Crippen MR) is 156 cm³/mol. The van der Waals surface area contributed by atoms with Crippen molar-refractivity contribution < 1.29 is 9.53 Å². The van der Waals surface area contributed by atoms with Gasteiger partial charge < -0.3 is 19.9 Å². The normalized spacial score (nSPS) is 12.1. The van der Waals surface area contributed by atoms with E-state index in [9.17, 15) is 4.79 Å². The Bertz CT molecular complexity index is 1520. The molecule has 196 valence electrons. The third kappa shape index (κ3) is 4.58. The van der Waals surface area contributed by atoms with Crippen molar-refractivity contribution in [1.82, 2.24) is 14.5 Å². The Kier molecular flexibility index (Phi) is 7.25. The van der Waals surface area contributed by atoms with Crippen molar-refractivity contribution in [2.24, 2.45) is 7.05 Å². The maximum atomic E-state index is 13.8. The number of ether oxygens (including phenoxy) is 1. The van der Waals surface area contributed by atoms with Crippen LogP contribution in [0.2, 0.25) is 0 Å². The first kappa shape index (κ1) is 26.0. The van der Waals surface area contributed by atoms with Gasteiger partial charge in [-0.05, 0) is 73.1 Å². The molecule has 0 aliphatic heterocycles. The number of hydrogen-bond acceptors (Lipinski definition) is 5. The average Bonchev–Trinajstić information content (AvgIpc) is 3.19. The second-order valence-corrected chi connectivity index (χ2v) is 10.4. The van der Waals surface area contributed by atoms with Crippen LogP contribution in [0.4, 0.5) is 17.3 Å². The van der Waals surface area contributed by atoms with Gasteiger partial charge in [0.25, 0.3) is 5.91 Å². The number of anilines is 3. The Morgan fingerprint density at radius 2 is 1.87 bits per heavy atom. The molecule has 0 saturated heterocycles. The number of amides is 1. The molecule has 2 heterocycles. The van der Waals surface area contributed by atoms with Crippen molar-refractivity contribution in [3.8, 4) is 17.1 Å². The van der Waals surface area contributed by atoms with Gasteiger partial charge in [0.2, 0.25) is 5.95 Å². The van der Waals surface area contributed by atoms with Crippen LogP contribution in [0.3, 0.4) is 0 Å². The molecule has 8 heteroatoms. The maximum Gasteiger partial charge on any atom is 0.257 e. The number of fused-ring (bicyclic) bond motifs is 3. The van der Waals surface area contributed by atoms with Crippen molar-refractivity contribution in [3.63, 3.8) is 0 Å². The minimum atomic E-state index is -0.0644. The Morgan fingerprint density at radius 3 is 2.55 bits per heavy atom. The number of methoxy groups -OCH3 is 1. The fourth-order valence-corrected chi connectivity index (χ4v) is 5.64. The van der Waals surface area contributed by atoms with Crippen molar-refractivity contribution in [2.45, 2.75) is 46.5 Å². The summed E-state index contributed by atoms with van der Waals surface area (Å²) in [5.74, 6) is 1.10. The molecule has 0 spiro atoms. The number of carbonyl (C=O) groups excluding carboxylic acids is 1. The lowest BCUT2D eigenvalue weighted by atomic mass is 9.92. The number of halogens is 1. The number of aryl methyl sites for hydroxylation is 3. The Morgan fingerprint density at radius 1 is 1.13 bits per heavy atom. The Labute approximate surface area is 231 Å². The van der Waals surface area contributed by atoms with Crippen LogP contribution in [0, 0.1) is 6.92 Å².